The van der Waals surface area contributed by atoms with Crippen LogP contribution in [0.4, 0.5) is 5.82 Å². The van der Waals surface area contributed by atoms with E-state index in [0.717, 1.165) is 61.3 Å². The second-order valence-electron chi connectivity index (χ2n) is 7.19. The van der Waals surface area contributed by atoms with Gasteiger partial charge in [0.15, 0.2) is 5.82 Å². The second kappa shape index (κ2) is 8.49. The standard InChI is InChI=1S/C19H29N5O2/c1-3-4-5-17(26)23-15-7-9-24(8-6-14(15)11-25)19-18-16(20-12-21-19)10-13(2)22-18/h10,12,14-15,22,25H,3-9,11H2,1-2H3,(H,23,26). The number of carbonyl (C=O) groups excluding carboxylic acids is 1. The van der Waals surface area contributed by atoms with Crippen molar-refractivity contribution in [3.63, 3.8) is 0 Å². The molecule has 1 aliphatic heterocycles. The molecule has 1 saturated heterocycles. The number of anilines is 1. The van der Waals surface area contributed by atoms with Gasteiger partial charge >= 0.3 is 0 Å². The van der Waals surface area contributed by atoms with Crippen molar-refractivity contribution < 1.29 is 9.90 Å². The minimum Gasteiger partial charge on any atom is -0.396 e. The molecule has 0 aliphatic carbocycles. The Labute approximate surface area is 154 Å². The maximum absolute atomic E-state index is 12.1. The third-order valence-electron chi connectivity index (χ3n) is 5.22. The molecule has 0 spiro atoms. The lowest BCUT2D eigenvalue weighted by Gasteiger charge is -2.24. The van der Waals surface area contributed by atoms with Crippen molar-refractivity contribution in [1.82, 2.24) is 20.3 Å². The minimum atomic E-state index is 0.0112. The largest absolute Gasteiger partial charge is 0.396 e. The average molecular weight is 359 g/mol. The van der Waals surface area contributed by atoms with Crippen molar-refractivity contribution >= 4 is 22.8 Å². The molecule has 0 aromatic carbocycles. The molecule has 0 saturated carbocycles. The number of nitrogens with one attached hydrogen (secondary N) is 2. The van der Waals surface area contributed by atoms with Crippen LogP contribution in [0.1, 0.15) is 44.7 Å². The lowest BCUT2D eigenvalue weighted by Crippen LogP contribution is -2.41. The highest BCUT2D eigenvalue weighted by Gasteiger charge is 2.28. The van der Waals surface area contributed by atoms with Crippen LogP contribution in [-0.2, 0) is 4.79 Å². The smallest absolute Gasteiger partial charge is 0.220 e. The highest BCUT2D eigenvalue weighted by molar-refractivity contribution is 5.86. The normalized spacial score (nSPS) is 21.0. The van der Waals surface area contributed by atoms with Crippen molar-refractivity contribution in [3.8, 4) is 0 Å². The Bertz CT molecular complexity index is 745. The molecule has 2 aromatic heterocycles. The highest BCUT2D eigenvalue weighted by Crippen LogP contribution is 2.27. The van der Waals surface area contributed by atoms with Crippen LogP contribution in [-0.4, -0.2) is 51.7 Å². The van der Waals surface area contributed by atoms with Gasteiger partial charge < -0.3 is 20.3 Å². The molecule has 142 valence electrons. The zero-order valence-electron chi connectivity index (χ0n) is 15.7. The molecule has 7 heteroatoms. The quantitative estimate of drug-likeness (QED) is 0.735. The number of amides is 1. The van der Waals surface area contributed by atoms with E-state index in [1.165, 1.54) is 0 Å². The Balaban J connectivity index is 1.73. The maximum atomic E-state index is 12.1. The zero-order chi connectivity index (χ0) is 18.5. The lowest BCUT2D eigenvalue weighted by atomic mass is 9.95. The zero-order valence-corrected chi connectivity index (χ0v) is 15.7. The van der Waals surface area contributed by atoms with Crippen LogP contribution in [0.3, 0.4) is 0 Å². The van der Waals surface area contributed by atoms with Gasteiger partial charge in [-0.25, -0.2) is 9.97 Å². The van der Waals surface area contributed by atoms with Crippen molar-refractivity contribution in [2.24, 2.45) is 5.92 Å². The molecule has 2 atom stereocenters. The number of carbonyl (C=O) groups is 1. The number of rotatable bonds is 6. The van der Waals surface area contributed by atoms with E-state index in [1.807, 2.05) is 13.0 Å². The van der Waals surface area contributed by atoms with Gasteiger partial charge in [-0.1, -0.05) is 13.3 Å². The van der Waals surface area contributed by atoms with Crippen molar-refractivity contribution in [2.45, 2.75) is 52.0 Å². The maximum Gasteiger partial charge on any atom is 0.220 e. The van der Waals surface area contributed by atoms with Gasteiger partial charge in [-0.05, 0) is 32.3 Å². The molecule has 0 radical (unpaired) electrons. The van der Waals surface area contributed by atoms with E-state index in [4.69, 9.17) is 0 Å². The molecular formula is C19H29N5O2. The molecule has 1 fully saturated rings. The summed E-state index contributed by atoms with van der Waals surface area (Å²) in [6.45, 7) is 5.78. The first-order valence-electron chi connectivity index (χ1n) is 9.57. The Morgan fingerprint density at radius 2 is 2.19 bits per heavy atom. The third-order valence-corrected chi connectivity index (χ3v) is 5.22. The minimum absolute atomic E-state index is 0.0112. The molecule has 7 nitrogen and oxygen atoms in total. The van der Waals surface area contributed by atoms with Crippen LogP contribution in [0, 0.1) is 12.8 Å². The number of aromatic amines is 1. The molecule has 3 rings (SSSR count). The van der Waals surface area contributed by atoms with Crippen LogP contribution in [0.5, 0.6) is 0 Å². The fraction of sp³-hybridized carbons (Fsp3) is 0.632. The summed E-state index contributed by atoms with van der Waals surface area (Å²) in [6, 6.07) is 2.03. The fourth-order valence-corrected chi connectivity index (χ4v) is 3.70. The summed E-state index contributed by atoms with van der Waals surface area (Å²) in [7, 11) is 0. The van der Waals surface area contributed by atoms with E-state index in [9.17, 15) is 9.90 Å². The van der Waals surface area contributed by atoms with E-state index in [2.05, 4.69) is 32.1 Å². The van der Waals surface area contributed by atoms with Gasteiger partial charge in [-0.2, -0.15) is 0 Å². The van der Waals surface area contributed by atoms with E-state index in [0.29, 0.717) is 6.42 Å². The SMILES string of the molecule is CCCCC(=O)NC1CCN(c2ncnc3cc(C)[nH]c23)CCC1CO. The number of H-pyrrole nitrogens is 1. The predicted octanol–water partition coefficient (Wildman–Crippen LogP) is 2.15. The lowest BCUT2D eigenvalue weighted by molar-refractivity contribution is -0.122. The molecule has 3 heterocycles. The Morgan fingerprint density at radius 1 is 1.38 bits per heavy atom. The number of aliphatic hydroxyl groups is 1. The summed E-state index contributed by atoms with van der Waals surface area (Å²) < 4.78 is 0. The monoisotopic (exact) mass is 359 g/mol. The summed E-state index contributed by atoms with van der Waals surface area (Å²) in [5, 5.41) is 12.9. The van der Waals surface area contributed by atoms with E-state index < -0.39 is 0 Å². The van der Waals surface area contributed by atoms with Gasteiger partial charge in [0.25, 0.3) is 0 Å². The van der Waals surface area contributed by atoms with Crippen LogP contribution < -0.4 is 10.2 Å². The molecule has 26 heavy (non-hydrogen) atoms. The highest BCUT2D eigenvalue weighted by atomic mass is 16.3. The van der Waals surface area contributed by atoms with Crippen LogP contribution in [0.15, 0.2) is 12.4 Å². The van der Waals surface area contributed by atoms with Gasteiger partial charge in [-0.15, -0.1) is 0 Å². The number of fused-ring (bicyclic) bond motifs is 1. The van der Waals surface area contributed by atoms with Gasteiger partial charge in [0.1, 0.15) is 11.8 Å². The Hall–Kier alpha value is -2.15. The molecule has 2 aromatic rings. The first-order valence-corrected chi connectivity index (χ1v) is 9.57. The van der Waals surface area contributed by atoms with E-state index >= 15 is 0 Å². The number of unbranched alkanes of at least 4 members (excludes halogenated alkanes) is 1. The summed E-state index contributed by atoms with van der Waals surface area (Å²) in [5.41, 5.74) is 2.93. The molecule has 2 unspecified atom stereocenters. The van der Waals surface area contributed by atoms with Crippen LogP contribution in [0.25, 0.3) is 11.0 Å². The molecule has 0 bridgehead atoms. The average Bonchev–Trinajstić information content (AvgIpc) is 2.90. The van der Waals surface area contributed by atoms with Crippen molar-refractivity contribution in [2.75, 3.05) is 24.6 Å². The fourth-order valence-electron chi connectivity index (χ4n) is 3.70. The molecule has 1 amide bonds. The number of hydrogen-bond acceptors (Lipinski definition) is 5. The topological polar surface area (TPSA) is 94.1 Å². The number of nitrogens with zero attached hydrogens (tertiary/aromatic N) is 3. The van der Waals surface area contributed by atoms with Crippen LogP contribution >= 0.6 is 0 Å². The van der Waals surface area contributed by atoms with Gasteiger partial charge in [0, 0.05) is 43.8 Å². The first-order chi connectivity index (χ1) is 12.6. The van der Waals surface area contributed by atoms with Gasteiger partial charge in [0.05, 0.1) is 5.52 Å². The van der Waals surface area contributed by atoms with Gasteiger partial charge in [0.2, 0.25) is 5.91 Å². The summed E-state index contributed by atoms with van der Waals surface area (Å²) in [4.78, 5) is 26.6. The third kappa shape index (κ3) is 4.15. The second-order valence-corrected chi connectivity index (χ2v) is 7.19. The van der Waals surface area contributed by atoms with E-state index in [1.54, 1.807) is 6.33 Å². The molecular weight excluding hydrogens is 330 g/mol. The number of aromatic nitrogens is 3. The van der Waals surface area contributed by atoms with Gasteiger partial charge in [-0.3, -0.25) is 4.79 Å². The Morgan fingerprint density at radius 3 is 2.96 bits per heavy atom. The van der Waals surface area contributed by atoms with Crippen LogP contribution in [0.2, 0.25) is 0 Å². The predicted molar refractivity (Wildman–Crippen MR) is 102 cm³/mol. The van der Waals surface area contributed by atoms with E-state index in [-0.39, 0.29) is 24.5 Å². The Kier molecular flexibility index (Phi) is 6.08. The number of hydrogen-bond donors (Lipinski definition) is 3. The number of aliphatic hydroxyl groups excluding tert-OH is 1. The van der Waals surface area contributed by atoms with Crippen molar-refractivity contribution in [3.05, 3.63) is 18.1 Å². The number of aryl methyl sites for hydroxylation is 1. The van der Waals surface area contributed by atoms with Crippen molar-refractivity contribution in [1.29, 1.82) is 0 Å². The summed E-state index contributed by atoms with van der Waals surface area (Å²) >= 11 is 0. The molecule has 3 N–H and O–H groups in total. The first kappa shape index (κ1) is 18.6. The molecule has 1 aliphatic rings. The summed E-state index contributed by atoms with van der Waals surface area (Å²) in [6.07, 6.45) is 5.69. The summed E-state index contributed by atoms with van der Waals surface area (Å²) in [5.74, 6) is 1.07.